The maximum Gasteiger partial charge on any atom is 0.257 e. The number of amides is 1. The molecule has 0 saturated heterocycles. The highest BCUT2D eigenvalue weighted by atomic mass is 35.5. The zero-order chi connectivity index (χ0) is 15.1. The third-order valence-electron chi connectivity index (χ3n) is 3.62. The topological polar surface area (TPSA) is 94.2 Å². The van der Waals surface area contributed by atoms with Gasteiger partial charge < -0.3 is 26.1 Å². The van der Waals surface area contributed by atoms with Gasteiger partial charge in [-0.1, -0.05) is 22.8 Å². The zero-order valence-electron chi connectivity index (χ0n) is 11.3. The molecule has 0 atom stereocenters. The maximum atomic E-state index is 12.5. The average molecular weight is 308 g/mol. The van der Waals surface area contributed by atoms with Gasteiger partial charge in [0, 0.05) is 7.05 Å². The third kappa shape index (κ3) is 1.97. The van der Waals surface area contributed by atoms with E-state index in [0.717, 1.165) is 5.70 Å². The molecule has 3 rings (SSSR count). The molecular weight excluding hydrogens is 294 g/mol. The van der Waals surface area contributed by atoms with Crippen LogP contribution in [0, 0.1) is 0 Å². The third-order valence-corrected chi connectivity index (χ3v) is 3.94. The fraction of sp³-hybridized carbons (Fsp3) is 0.231. The number of amidine groups is 1. The second-order valence-corrected chi connectivity index (χ2v) is 5.27. The van der Waals surface area contributed by atoms with Crippen molar-refractivity contribution in [1.29, 1.82) is 0 Å². The van der Waals surface area contributed by atoms with Crippen molar-refractivity contribution in [3.8, 4) is 0 Å². The van der Waals surface area contributed by atoms with Crippen LogP contribution in [0.1, 0.15) is 10.4 Å². The van der Waals surface area contributed by atoms with Crippen molar-refractivity contribution in [2.24, 2.45) is 10.9 Å². The lowest BCUT2D eigenvalue weighted by Crippen LogP contribution is -2.30. The highest BCUT2D eigenvalue weighted by Crippen LogP contribution is 2.35. The molecule has 0 saturated carbocycles. The first-order chi connectivity index (χ1) is 10.0. The van der Waals surface area contributed by atoms with E-state index in [1.165, 1.54) is 0 Å². The van der Waals surface area contributed by atoms with Gasteiger partial charge in [-0.2, -0.15) is 0 Å². The molecule has 0 aromatic heterocycles. The Labute approximate surface area is 126 Å². The Hall–Kier alpha value is -2.41. The van der Waals surface area contributed by atoms with E-state index in [1.807, 2.05) is 11.0 Å². The van der Waals surface area contributed by atoms with Crippen molar-refractivity contribution in [2.45, 2.75) is 0 Å². The van der Waals surface area contributed by atoms with E-state index in [9.17, 15) is 4.79 Å². The Kier molecular flexibility index (Phi) is 3.13. The maximum absolute atomic E-state index is 12.5. The van der Waals surface area contributed by atoms with E-state index >= 15 is 0 Å². The Morgan fingerprint density at radius 1 is 1.52 bits per heavy atom. The Balaban J connectivity index is 2.22. The molecule has 0 radical (unpaired) electrons. The molecule has 2 aliphatic heterocycles. The molecule has 7 nitrogen and oxygen atoms in total. The van der Waals surface area contributed by atoms with Crippen molar-refractivity contribution < 1.29 is 10.0 Å². The van der Waals surface area contributed by atoms with E-state index in [-0.39, 0.29) is 11.7 Å². The SMILES string of the molecule is CN1CC2=C(/C(N)=N/O)NCN2c2cccc(Cl)c2C1=O. The number of hydrogen-bond donors (Lipinski definition) is 3. The highest BCUT2D eigenvalue weighted by Gasteiger charge is 2.34. The van der Waals surface area contributed by atoms with Crippen molar-refractivity contribution in [3.63, 3.8) is 0 Å². The Morgan fingerprint density at radius 2 is 2.29 bits per heavy atom. The predicted octanol–water partition coefficient (Wildman–Crippen LogP) is 0.751. The number of anilines is 1. The van der Waals surface area contributed by atoms with Gasteiger partial charge in [-0.25, -0.2) is 0 Å². The first kappa shape index (κ1) is 13.6. The number of benzene rings is 1. The van der Waals surface area contributed by atoms with Crippen molar-refractivity contribution >= 4 is 29.0 Å². The summed E-state index contributed by atoms with van der Waals surface area (Å²) in [6.07, 6.45) is 0. The predicted molar refractivity (Wildman–Crippen MR) is 79.3 cm³/mol. The second kappa shape index (κ2) is 4.85. The molecule has 110 valence electrons. The lowest BCUT2D eigenvalue weighted by atomic mass is 10.1. The van der Waals surface area contributed by atoms with E-state index < -0.39 is 0 Å². The summed E-state index contributed by atoms with van der Waals surface area (Å²) in [7, 11) is 1.69. The van der Waals surface area contributed by atoms with Gasteiger partial charge in [0.25, 0.3) is 5.91 Å². The van der Waals surface area contributed by atoms with Crippen LogP contribution >= 0.6 is 11.6 Å². The van der Waals surface area contributed by atoms with Crippen LogP contribution in [-0.2, 0) is 0 Å². The molecule has 0 spiro atoms. The second-order valence-electron chi connectivity index (χ2n) is 4.87. The lowest BCUT2D eigenvalue weighted by Gasteiger charge is -2.20. The molecule has 2 heterocycles. The number of fused-ring (bicyclic) bond motifs is 3. The lowest BCUT2D eigenvalue weighted by molar-refractivity contribution is 0.0811. The summed E-state index contributed by atoms with van der Waals surface area (Å²) in [4.78, 5) is 16.0. The van der Waals surface area contributed by atoms with Crippen LogP contribution in [0.3, 0.4) is 0 Å². The van der Waals surface area contributed by atoms with Crippen molar-refractivity contribution in [3.05, 3.63) is 40.2 Å². The Morgan fingerprint density at radius 3 is 3.00 bits per heavy atom. The van der Waals surface area contributed by atoms with Gasteiger partial charge in [0.05, 0.1) is 35.2 Å². The number of halogens is 1. The first-order valence-electron chi connectivity index (χ1n) is 6.31. The van der Waals surface area contributed by atoms with Crippen LogP contribution in [0.15, 0.2) is 34.7 Å². The van der Waals surface area contributed by atoms with Crippen LogP contribution in [0.25, 0.3) is 0 Å². The van der Waals surface area contributed by atoms with Gasteiger partial charge >= 0.3 is 0 Å². The van der Waals surface area contributed by atoms with Crippen molar-refractivity contribution in [2.75, 3.05) is 25.2 Å². The van der Waals surface area contributed by atoms with Crippen LogP contribution in [0.4, 0.5) is 5.69 Å². The van der Waals surface area contributed by atoms with E-state index in [0.29, 0.717) is 35.2 Å². The molecule has 1 aromatic carbocycles. The summed E-state index contributed by atoms with van der Waals surface area (Å²) in [5.74, 6) is -0.171. The largest absolute Gasteiger partial charge is 0.409 e. The minimum Gasteiger partial charge on any atom is -0.409 e. The average Bonchev–Trinajstić information content (AvgIpc) is 2.84. The smallest absolute Gasteiger partial charge is 0.257 e. The molecule has 1 amide bonds. The minimum atomic E-state index is -0.156. The number of nitrogens with two attached hydrogens (primary N) is 1. The summed E-state index contributed by atoms with van der Waals surface area (Å²) < 4.78 is 0. The van der Waals surface area contributed by atoms with Gasteiger partial charge in [-0.05, 0) is 12.1 Å². The van der Waals surface area contributed by atoms with E-state index in [1.54, 1.807) is 24.1 Å². The summed E-state index contributed by atoms with van der Waals surface area (Å²) in [5, 5.41) is 15.4. The molecule has 4 N–H and O–H groups in total. The van der Waals surface area contributed by atoms with E-state index in [4.69, 9.17) is 22.5 Å². The first-order valence-corrected chi connectivity index (χ1v) is 6.68. The molecule has 0 unspecified atom stereocenters. The number of carbonyl (C=O) groups excluding carboxylic acids is 1. The van der Waals surface area contributed by atoms with Gasteiger partial charge in [0.15, 0.2) is 5.84 Å². The standard InChI is InChI=1S/C13H14ClN5O2/c1-18-5-9-11(12(15)17-21)16-6-19(9)8-4-2-3-7(14)10(8)13(18)20/h2-4,16,21H,5-6H2,1H3,(H2,15,17). The number of carbonyl (C=O) groups is 1. The molecule has 0 bridgehead atoms. The minimum absolute atomic E-state index is 0.0150. The number of nitrogens with zero attached hydrogens (tertiary/aromatic N) is 3. The molecule has 0 aliphatic carbocycles. The van der Waals surface area contributed by atoms with Crippen LogP contribution < -0.4 is 16.0 Å². The summed E-state index contributed by atoms with van der Waals surface area (Å²) in [6, 6.07) is 5.31. The molecule has 8 heteroatoms. The fourth-order valence-electron chi connectivity index (χ4n) is 2.61. The van der Waals surface area contributed by atoms with Crippen LogP contribution in [-0.4, -0.2) is 42.1 Å². The van der Waals surface area contributed by atoms with Gasteiger partial charge in [0.2, 0.25) is 0 Å². The number of likely N-dealkylation sites (N-methyl/N-ethyl adjacent to an activating group) is 1. The number of oxime groups is 1. The zero-order valence-corrected chi connectivity index (χ0v) is 12.1. The molecule has 2 aliphatic rings. The number of rotatable bonds is 1. The van der Waals surface area contributed by atoms with Gasteiger partial charge in [-0.3, -0.25) is 4.79 Å². The van der Waals surface area contributed by atoms with Crippen LogP contribution in [0.5, 0.6) is 0 Å². The van der Waals surface area contributed by atoms with Crippen LogP contribution in [0.2, 0.25) is 5.02 Å². The molecular formula is C13H14ClN5O2. The Bertz CT molecular complexity index is 685. The molecule has 0 fully saturated rings. The van der Waals surface area contributed by atoms with Gasteiger partial charge in [0.1, 0.15) is 5.70 Å². The summed E-state index contributed by atoms with van der Waals surface area (Å²) in [6.45, 7) is 0.762. The van der Waals surface area contributed by atoms with Gasteiger partial charge in [-0.15, -0.1) is 0 Å². The normalized spacial score (nSPS) is 18.4. The van der Waals surface area contributed by atoms with E-state index in [2.05, 4.69) is 10.5 Å². The monoisotopic (exact) mass is 307 g/mol. The molecule has 1 aromatic rings. The molecule has 21 heavy (non-hydrogen) atoms. The summed E-state index contributed by atoms with van der Waals surface area (Å²) >= 11 is 6.19. The summed E-state index contributed by atoms with van der Waals surface area (Å²) in [5.41, 5.74) is 8.14. The highest BCUT2D eigenvalue weighted by molar-refractivity contribution is 6.34. The van der Waals surface area contributed by atoms with Crippen molar-refractivity contribution in [1.82, 2.24) is 10.2 Å². The number of hydrogen-bond acceptors (Lipinski definition) is 5. The number of nitrogens with one attached hydrogen (secondary N) is 1. The fourth-order valence-corrected chi connectivity index (χ4v) is 2.86. The quantitative estimate of drug-likeness (QED) is 0.308.